The highest BCUT2D eigenvalue weighted by molar-refractivity contribution is 6.35. The van der Waals surface area contributed by atoms with Gasteiger partial charge < -0.3 is 15.1 Å². The number of anilines is 2. The quantitative estimate of drug-likeness (QED) is 0.510. The van der Waals surface area contributed by atoms with Crippen LogP contribution in [-0.4, -0.2) is 61.6 Å². The molecule has 1 aliphatic heterocycles. The van der Waals surface area contributed by atoms with Crippen molar-refractivity contribution in [1.82, 2.24) is 29.5 Å². The number of rotatable bonds is 4. The first-order valence-corrected chi connectivity index (χ1v) is 10.9. The van der Waals surface area contributed by atoms with Crippen LogP contribution in [0.2, 0.25) is 5.02 Å². The number of para-hydroxylation sites is 1. The summed E-state index contributed by atoms with van der Waals surface area (Å²) >= 11 is 6.47. The van der Waals surface area contributed by atoms with Crippen LogP contribution in [0.25, 0.3) is 16.6 Å². The van der Waals surface area contributed by atoms with Crippen molar-refractivity contribution in [3.63, 3.8) is 0 Å². The molecule has 1 unspecified atom stereocenters. The molecule has 4 aromatic rings. The Hall–Kier alpha value is -3.46. The van der Waals surface area contributed by atoms with Gasteiger partial charge in [-0.2, -0.15) is 9.61 Å². The van der Waals surface area contributed by atoms with Crippen LogP contribution in [0.3, 0.4) is 0 Å². The maximum atomic E-state index is 11.8. The fourth-order valence-electron chi connectivity index (χ4n) is 4.10. The van der Waals surface area contributed by atoms with Gasteiger partial charge in [0, 0.05) is 50.1 Å². The van der Waals surface area contributed by atoms with Crippen molar-refractivity contribution in [2.24, 2.45) is 0 Å². The summed E-state index contributed by atoms with van der Waals surface area (Å²) in [6.07, 6.45) is 3.21. The molecule has 0 aliphatic carbocycles. The molecule has 32 heavy (non-hydrogen) atoms. The number of carbonyl (C=O) groups excluding carboxylic acids is 1. The maximum absolute atomic E-state index is 11.8. The van der Waals surface area contributed by atoms with Gasteiger partial charge in [-0.25, -0.2) is 15.0 Å². The number of nitrogens with zero attached hydrogens (tertiary/aromatic N) is 7. The van der Waals surface area contributed by atoms with Crippen LogP contribution < -0.4 is 10.2 Å². The fraction of sp³-hybridized carbons (Fsp3) is 0.318. The Morgan fingerprint density at radius 2 is 1.97 bits per heavy atom. The second-order valence-corrected chi connectivity index (χ2v) is 8.28. The molecular weight excluding hydrogens is 428 g/mol. The summed E-state index contributed by atoms with van der Waals surface area (Å²) in [6, 6.07) is 9.63. The van der Waals surface area contributed by atoms with Gasteiger partial charge in [-0.05, 0) is 19.1 Å². The van der Waals surface area contributed by atoms with Crippen LogP contribution in [0.5, 0.6) is 0 Å². The van der Waals surface area contributed by atoms with Crippen molar-refractivity contribution < 1.29 is 4.79 Å². The lowest BCUT2D eigenvalue weighted by atomic mass is 10.0. The highest BCUT2D eigenvalue weighted by Gasteiger charge is 2.25. The zero-order chi connectivity index (χ0) is 22.2. The topological polar surface area (TPSA) is 91.5 Å². The number of nitrogens with one attached hydrogen (secondary N) is 1. The molecule has 0 radical (unpaired) electrons. The first kappa shape index (κ1) is 20.4. The molecule has 0 bridgehead atoms. The molecule has 3 aromatic heterocycles. The summed E-state index contributed by atoms with van der Waals surface area (Å²) in [7, 11) is 0. The Bertz CT molecular complexity index is 1300. The molecule has 1 saturated heterocycles. The third-order valence-electron chi connectivity index (χ3n) is 5.83. The Morgan fingerprint density at radius 1 is 1.16 bits per heavy atom. The third-order valence-corrected chi connectivity index (χ3v) is 6.14. The van der Waals surface area contributed by atoms with Crippen molar-refractivity contribution in [1.29, 1.82) is 0 Å². The molecule has 10 heteroatoms. The van der Waals surface area contributed by atoms with E-state index < -0.39 is 0 Å². The summed E-state index contributed by atoms with van der Waals surface area (Å²) in [4.78, 5) is 29.4. The first-order chi connectivity index (χ1) is 15.5. The third kappa shape index (κ3) is 3.69. The SMILES string of the molecule is CC(=O)N1CCN(c2nc3c(Cl)cccc3cc2C(C)Nc2ncnc3ccnn23)CC1. The van der Waals surface area contributed by atoms with Crippen molar-refractivity contribution in [3.8, 4) is 0 Å². The normalized spacial score (nSPS) is 15.3. The van der Waals surface area contributed by atoms with Crippen molar-refractivity contribution >= 4 is 45.8 Å². The number of pyridine rings is 1. The predicted octanol–water partition coefficient (Wildman–Crippen LogP) is 3.17. The smallest absolute Gasteiger partial charge is 0.227 e. The molecule has 0 spiro atoms. The number of carbonyl (C=O) groups is 1. The van der Waals surface area contributed by atoms with Gasteiger partial charge in [-0.3, -0.25) is 4.79 Å². The second-order valence-electron chi connectivity index (χ2n) is 7.87. The van der Waals surface area contributed by atoms with E-state index in [1.54, 1.807) is 17.6 Å². The van der Waals surface area contributed by atoms with Gasteiger partial charge in [0.05, 0.1) is 22.8 Å². The summed E-state index contributed by atoms with van der Waals surface area (Å²) in [5.41, 5.74) is 2.51. The molecule has 9 nitrogen and oxygen atoms in total. The molecule has 1 fully saturated rings. The number of piperazine rings is 1. The molecule has 1 aromatic carbocycles. The zero-order valence-electron chi connectivity index (χ0n) is 17.9. The number of amides is 1. The largest absolute Gasteiger partial charge is 0.353 e. The molecule has 1 N–H and O–H groups in total. The number of fused-ring (bicyclic) bond motifs is 2. The van der Waals surface area contributed by atoms with Gasteiger partial charge in [0.15, 0.2) is 5.65 Å². The van der Waals surface area contributed by atoms with Crippen molar-refractivity contribution in [2.75, 3.05) is 36.4 Å². The van der Waals surface area contributed by atoms with Gasteiger partial charge >= 0.3 is 0 Å². The van der Waals surface area contributed by atoms with Crippen LogP contribution in [0.4, 0.5) is 11.8 Å². The van der Waals surface area contributed by atoms with E-state index in [1.807, 2.05) is 29.2 Å². The van der Waals surface area contributed by atoms with E-state index in [1.165, 1.54) is 6.33 Å². The molecule has 164 valence electrons. The van der Waals surface area contributed by atoms with Gasteiger partial charge in [-0.1, -0.05) is 23.7 Å². The lowest BCUT2D eigenvalue weighted by molar-refractivity contribution is -0.129. The lowest BCUT2D eigenvalue weighted by Crippen LogP contribution is -2.48. The molecule has 0 saturated carbocycles. The highest BCUT2D eigenvalue weighted by atomic mass is 35.5. The standard InChI is InChI=1S/C22H23ClN8O/c1-14(27-22-25-13-24-19-6-7-26-31(19)22)17-12-16-4-3-5-18(23)20(16)28-21(17)30-10-8-29(9-11-30)15(2)32/h3-7,12-14H,8-11H2,1-2H3,(H,24,25,27). The first-order valence-electron chi connectivity index (χ1n) is 10.5. The molecule has 1 amide bonds. The zero-order valence-corrected chi connectivity index (χ0v) is 18.6. The molecule has 1 aliphatic rings. The molecular formula is C22H23ClN8O. The van der Waals surface area contributed by atoms with E-state index >= 15 is 0 Å². The predicted molar refractivity (Wildman–Crippen MR) is 124 cm³/mol. The lowest BCUT2D eigenvalue weighted by Gasteiger charge is -2.36. The summed E-state index contributed by atoms with van der Waals surface area (Å²) in [6.45, 7) is 6.43. The highest BCUT2D eigenvalue weighted by Crippen LogP contribution is 2.33. The Morgan fingerprint density at radius 3 is 2.75 bits per heavy atom. The van der Waals surface area contributed by atoms with E-state index in [-0.39, 0.29) is 11.9 Å². The molecule has 5 rings (SSSR count). The van der Waals surface area contributed by atoms with E-state index in [4.69, 9.17) is 16.6 Å². The summed E-state index contributed by atoms with van der Waals surface area (Å²) in [5, 5.41) is 9.36. The van der Waals surface area contributed by atoms with Gasteiger partial charge in [0.2, 0.25) is 11.9 Å². The second kappa shape index (κ2) is 8.23. The number of aromatic nitrogens is 5. The Balaban J connectivity index is 1.54. The molecule has 4 heterocycles. The van der Waals surface area contributed by atoms with Gasteiger partial charge in [-0.15, -0.1) is 0 Å². The van der Waals surface area contributed by atoms with Crippen LogP contribution >= 0.6 is 11.6 Å². The van der Waals surface area contributed by atoms with Crippen LogP contribution in [0.1, 0.15) is 25.5 Å². The molecule has 1 atom stereocenters. The summed E-state index contributed by atoms with van der Waals surface area (Å²) < 4.78 is 1.67. The number of hydrogen-bond acceptors (Lipinski definition) is 7. The Kier molecular flexibility index (Phi) is 5.26. The minimum absolute atomic E-state index is 0.0985. The van der Waals surface area contributed by atoms with Crippen LogP contribution in [-0.2, 0) is 4.79 Å². The van der Waals surface area contributed by atoms with Crippen LogP contribution in [0, 0.1) is 0 Å². The van der Waals surface area contributed by atoms with E-state index in [9.17, 15) is 4.79 Å². The minimum Gasteiger partial charge on any atom is -0.353 e. The number of benzene rings is 1. The van der Waals surface area contributed by atoms with Gasteiger partial charge in [0.25, 0.3) is 0 Å². The van der Waals surface area contributed by atoms with E-state index in [0.29, 0.717) is 37.1 Å². The number of halogens is 1. The summed E-state index contributed by atoms with van der Waals surface area (Å²) in [5.74, 6) is 1.56. The van der Waals surface area contributed by atoms with Gasteiger partial charge in [0.1, 0.15) is 12.1 Å². The van der Waals surface area contributed by atoms with Crippen molar-refractivity contribution in [2.45, 2.75) is 19.9 Å². The average molecular weight is 451 g/mol. The van der Waals surface area contributed by atoms with E-state index in [2.05, 4.69) is 38.3 Å². The monoisotopic (exact) mass is 450 g/mol. The Labute approximate surface area is 190 Å². The average Bonchev–Trinajstić information content (AvgIpc) is 3.29. The maximum Gasteiger partial charge on any atom is 0.227 e. The minimum atomic E-state index is -0.117. The van der Waals surface area contributed by atoms with Crippen molar-refractivity contribution in [3.05, 3.63) is 53.4 Å². The fourth-order valence-corrected chi connectivity index (χ4v) is 4.32. The number of hydrogen-bond donors (Lipinski definition) is 1. The van der Waals surface area contributed by atoms with Crippen LogP contribution in [0.15, 0.2) is 42.9 Å². The van der Waals surface area contributed by atoms with E-state index in [0.717, 1.165) is 27.9 Å².